The van der Waals surface area contributed by atoms with E-state index < -0.39 is 16.1 Å². The van der Waals surface area contributed by atoms with Crippen molar-refractivity contribution in [3.8, 4) is 0 Å². The van der Waals surface area contributed by atoms with Gasteiger partial charge in [0.1, 0.15) is 0 Å². The molecule has 0 aliphatic carbocycles. The summed E-state index contributed by atoms with van der Waals surface area (Å²) < 4.78 is 26.5. The fourth-order valence-electron chi connectivity index (χ4n) is 2.08. The number of rotatable bonds is 6. The molecule has 1 unspecified atom stereocenters. The summed E-state index contributed by atoms with van der Waals surface area (Å²) in [4.78, 5) is 0. The molecule has 0 aliphatic rings. The van der Waals surface area contributed by atoms with Crippen LogP contribution in [-0.2, 0) is 15.8 Å². The van der Waals surface area contributed by atoms with Gasteiger partial charge in [0, 0.05) is 11.6 Å². The average Bonchev–Trinajstić information content (AvgIpc) is 2.45. The van der Waals surface area contributed by atoms with Crippen LogP contribution in [0.1, 0.15) is 22.8 Å². The summed E-state index contributed by atoms with van der Waals surface area (Å²) >= 11 is 5.78. The Labute approximate surface area is 135 Å². The molecule has 118 valence electrons. The van der Waals surface area contributed by atoms with Crippen LogP contribution in [0.2, 0.25) is 5.02 Å². The quantitative estimate of drug-likeness (QED) is 0.850. The fourth-order valence-corrected chi connectivity index (χ4v) is 3.34. The van der Waals surface area contributed by atoms with Crippen molar-refractivity contribution in [1.82, 2.24) is 4.72 Å². The molecule has 0 aliphatic heterocycles. The van der Waals surface area contributed by atoms with E-state index in [1.165, 1.54) is 0 Å². The zero-order valence-corrected chi connectivity index (χ0v) is 13.7. The molecule has 6 heteroatoms. The predicted molar refractivity (Wildman–Crippen MR) is 88.2 cm³/mol. The maximum atomic E-state index is 12.1. The second-order valence-electron chi connectivity index (χ2n) is 5.16. The van der Waals surface area contributed by atoms with E-state index in [1.807, 2.05) is 25.1 Å². The smallest absolute Gasteiger partial charge is 0.215 e. The molecule has 0 bridgehead atoms. The van der Waals surface area contributed by atoms with Crippen LogP contribution >= 0.6 is 11.6 Å². The summed E-state index contributed by atoms with van der Waals surface area (Å²) in [5.41, 5.74) is 2.34. The molecule has 4 nitrogen and oxygen atoms in total. The van der Waals surface area contributed by atoms with Gasteiger partial charge in [0.05, 0.1) is 11.9 Å². The van der Waals surface area contributed by atoms with E-state index in [4.69, 9.17) is 11.6 Å². The Morgan fingerprint density at radius 1 is 1.18 bits per heavy atom. The number of hydrogen-bond donors (Lipinski definition) is 2. The third-order valence-electron chi connectivity index (χ3n) is 3.19. The van der Waals surface area contributed by atoms with E-state index in [0.29, 0.717) is 16.1 Å². The van der Waals surface area contributed by atoms with Crippen LogP contribution in [0.4, 0.5) is 0 Å². The van der Waals surface area contributed by atoms with Gasteiger partial charge in [0.2, 0.25) is 10.0 Å². The standard InChI is InChI=1S/C16H18ClNO3S/c1-12-3-2-4-13(9-12)11-22(20,21)18-10-16(19)14-5-7-15(17)8-6-14/h2-9,16,18-19H,10-11H2,1H3. The monoisotopic (exact) mass is 339 g/mol. The normalized spacial score (nSPS) is 13.0. The molecule has 0 amide bonds. The van der Waals surface area contributed by atoms with Crippen LogP contribution in [0.5, 0.6) is 0 Å². The first kappa shape index (κ1) is 17.0. The highest BCUT2D eigenvalue weighted by Gasteiger charge is 2.15. The summed E-state index contributed by atoms with van der Waals surface area (Å²) in [6.07, 6.45) is -0.912. The first-order chi connectivity index (χ1) is 10.4. The lowest BCUT2D eigenvalue weighted by atomic mass is 10.1. The number of sulfonamides is 1. The first-order valence-corrected chi connectivity index (χ1v) is 8.85. The van der Waals surface area contributed by atoms with Crippen molar-refractivity contribution in [3.63, 3.8) is 0 Å². The topological polar surface area (TPSA) is 66.4 Å². The van der Waals surface area contributed by atoms with Gasteiger partial charge >= 0.3 is 0 Å². The van der Waals surface area contributed by atoms with Gasteiger partial charge < -0.3 is 5.11 Å². The van der Waals surface area contributed by atoms with Gasteiger partial charge in [-0.05, 0) is 30.2 Å². The highest BCUT2D eigenvalue weighted by molar-refractivity contribution is 7.88. The summed E-state index contributed by atoms with van der Waals surface area (Å²) in [5.74, 6) is -0.109. The van der Waals surface area contributed by atoms with Gasteiger partial charge in [0.15, 0.2) is 0 Å². The van der Waals surface area contributed by atoms with E-state index in [9.17, 15) is 13.5 Å². The van der Waals surface area contributed by atoms with Crippen LogP contribution in [0.15, 0.2) is 48.5 Å². The molecule has 2 aromatic carbocycles. The van der Waals surface area contributed by atoms with E-state index in [0.717, 1.165) is 5.56 Å². The van der Waals surface area contributed by atoms with Crippen LogP contribution in [-0.4, -0.2) is 20.1 Å². The number of halogens is 1. The number of aryl methyl sites for hydroxylation is 1. The molecule has 0 fully saturated rings. The van der Waals surface area contributed by atoms with Crippen molar-refractivity contribution in [1.29, 1.82) is 0 Å². The first-order valence-electron chi connectivity index (χ1n) is 6.82. The molecule has 0 heterocycles. The minimum atomic E-state index is -3.50. The summed E-state index contributed by atoms with van der Waals surface area (Å²) in [7, 11) is -3.50. The van der Waals surface area contributed by atoms with E-state index >= 15 is 0 Å². The van der Waals surface area contributed by atoms with Crippen molar-refractivity contribution in [3.05, 3.63) is 70.2 Å². The molecular weight excluding hydrogens is 322 g/mol. The van der Waals surface area contributed by atoms with Gasteiger partial charge in [-0.1, -0.05) is 53.6 Å². The Kier molecular flexibility index (Phi) is 5.58. The Morgan fingerprint density at radius 3 is 2.50 bits per heavy atom. The molecule has 2 aromatic rings. The van der Waals surface area contributed by atoms with Crippen molar-refractivity contribution < 1.29 is 13.5 Å². The molecule has 0 spiro atoms. The van der Waals surface area contributed by atoms with Crippen LogP contribution in [0, 0.1) is 6.92 Å². The van der Waals surface area contributed by atoms with Gasteiger partial charge in [-0.15, -0.1) is 0 Å². The lowest BCUT2D eigenvalue weighted by molar-refractivity contribution is 0.182. The summed E-state index contributed by atoms with van der Waals surface area (Å²) in [6, 6.07) is 14.0. The Hall–Kier alpha value is -1.40. The number of benzene rings is 2. The summed E-state index contributed by atoms with van der Waals surface area (Å²) in [5, 5.41) is 10.6. The third kappa shape index (κ3) is 5.10. The molecule has 2 rings (SSSR count). The van der Waals surface area contributed by atoms with Crippen molar-refractivity contribution >= 4 is 21.6 Å². The Bertz CT molecular complexity index is 729. The van der Waals surface area contributed by atoms with E-state index in [1.54, 1.807) is 30.3 Å². The Balaban J connectivity index is 1.96. The number of hydrogen-bond acceptors (Lipinski definition) is 3. The zero-order chi connectivity index (χ0) is 16.2. The number of aliphatic hydroxyl groups is 1. The third-order valence-corrected chi connectivity index (χ3v) is 4.76. The van der Waals surface area contributed by atoms with E-state index in [-0.39, 0.29) is 12.3 Å². The van der Waals surface area contributed by atoms with Gasteiger partial charge in [0.25, 0.3) is 0 Å². The lowest BCUT2D eigenvalue weighted by Crippen LogP contribution is -2.29. The average molecular weight is 340 g/mol. The largest absolute Gasteiger partial charge is 0.387 e. The minimum Gasteiger partial charge on any atom is -0.387 e. The van der Waals surface area contributed by atoms with Crippen molar-refractivity contribution in [2.24, 2.45) is 0 Å². The van der Waals surface area contributed by atoms with Gasteiger partial charge in [-0.25, -0.2) is 13.1 Å². The van der Waals surface area contributed by atoms with Gasteiger partial charge in [-0.2, -0.15) is 0 Å². The molecule has 0 saturated heterocycles. The fraction of sp³-hybridized carbons (Fsp3) is 0.250. The second-order valence-corrected chi connectivity index (χ2v) is 7.41. The SMILES string of the molecule is Cc1cccc(CS(=O)(=O)NCC(O)c2ccc(Cl)cc2)c1. The highest BCUT2D eigenvalue weighted by atomic mass is 35.5. The molecule has 2 N–H and O–H groups in total. The number of nitrogens with one attached hydrogen (secondary N) is 1. The van der Waals surface area contributed by atoms with Gasteiger partial charge in [-0.3, -0.25) is 0 Å². The predicted octanol–water partition coefficient (Wildman–Crippen LogP) is 2.80. The minimum absolute atomic E-state index is 0.0736. The second kappa shape index (κ2) is 7.24. The molecule has 22 heavy (non-hydrogen) atoms. The molecule has 0 aromatic heterocycles. The van der Waals surface area contributed by atoms with Crippen molar-refractivity contribution in [2.45, 2.75) is 18.8 Å². The molecule has 0 radical (unpaired) electrons. The Morgan fingerprint density at radius 2 is 1.86 bits per heavy atom. The van der Waals surface area contributed by atoms with Crippen LogP contribution < -0.4 is 4.72 Å². The molecular formula is C16H18ClNO3S. The summed E-state index contributed by atoms with van der Waals surface area (Å²) in [6.45, 7) is 1.84. The van der Waals surface area contributed by atoms with Crippen LogP contribution in [0.25, 0.3) is 0 Å². The zero-order valence-electron chi connectivity index (χ0n) is 12.2. The molecule has 0 saturated carbocycles. The number of aliphatic hydroxyl groups excluding tert-OH is 1. The maximum Gasteiger partial charge on any atom is 0.215 e. The highest BCUT2D eigenvalue weighted by Crippen LogP contribution is 2.16. The molecule has 1 atom stereocenters. The van der Waals surface area contributed by atoms with Crippen LogP contribution in [0.3, 0.4) is 0 Å². The van der Waals surface area contributed by atoms with Crippen molar-refractivity contribution in [2.75, 3.05) is 6.54 Å². The maximum absolute atomic E-state index is 12.1. The lowest BCUT2D eigenvalue weighted by Gasteiger charge is -2.13. The van der Waals surface area contributed by atoms with E-state index in [2.05, 4.69) is 4.72 Å².